The van der Waals surface area contributed by atoms with Crippen LogP contribution < -0.4 is 5.32 Å². The van der Waals surface area contributed by atoms with E-state index in [-0.39, 0.29) is 23.9 Å². The molecule has 1 aliphatic rings. The van der Waals surface area contributed by atoms with Crippen molar-refractivity contribution in [1.29, 1.82) is 0 Å². The van der Waals surface area contributed by atoms with Gasteiger partial charge in [0.1, 0.15) is 17.1 Å². The summed E-state index contributed by atoms with van der Waals surface area (Å²) in [6, 6.07) is 5.79. The van der Waals surface area contributed by atoms with Gasteiger partial charge in [0.05, 0.1) is 17.8 Å². The molecular weight excluding hydrogens is 299 g/mol. The van der Waals surface area contributed by atoms with Gasteiger partial charge in [-0.15, -0.1) is 0 Å². The number of nitrogens with zero attached hydrogens (tertiary/aromatic N) is 1. The molecule has 23 heavy (non-hydrogen) atoms. The zero-order valence-corrected chi connectivity index (χ0v) is 13.1. The number of rotatable bonds is 4. The minimum absolute atomic E-state index is 0.120. The Hall–Kier alpha value is -2.21. The third kappa shape index (κ3) is 3.27. The van der Waals surface area contributed by atoms with Crippen molar-refractivity contribution >= 4 is 5.91 Å². The lowest BCUT2D eigenvalue weighted by molar-refractivity contribution is 0.0671. The number of halogens is 1. The molecule has 6 heteroatoms. The normalized spacial score (nSPS) is 18.8. The highest BCUT2D eigenvalue weighted by Gasteiger charge is 2.30. The Kier molecular flexibility index (Phi) is 4.43. The van der Waals surface area contributed by atoms with Crippen molar-refractivity contribution in [3.63, 3.8) is 0 Å². The number of carbonyl (C=O) groups is 1. The first-order valence-electron chi connectivity index (χ1n) is 7.67. The molecule has 5 nitrogen and oxygen atoms in total. The van der Waals surface area contributed by atoms with Crippen LogP contribution in [-0.4, -0.2) is 23.8 Å². The number of hydrogen-bond donors (Lipinski definition) is 1. The van der Waals surface area contributed by atoms with Crippen LogP contribution in [0.2, 0.25) is 0 Å². The van der Waals surface area contributed by atoms with Crippen LogP contribution in [0.15, 0.2) is 28.8 Å². The third-order valence-electron chi connectivity index (χ3n) is 4.11. The maximum atomic E-state index is 13.2. The van der Waals surface area contributed by atoms with E-state index in [1.807, 2.05) is 0 Å². The maximum Gasteiger partial charge on any atom is 0.257 e. The van der Waals surface area contributed by atoms with Crippen LogP contribution in [0.25, 0.3) is 0 Å². The second-order valence-electron chi connectivity index (χ2n) is 5.75. The molecule has 2 atom stereocenters. The molecule has 1 aliphatic heterocycles. The van der Waals surface area contributed by atoms with Gasteiger partial charge < -0.3 is 14.6 Å². The van der Waals surface area contributed by atoms with Crippen molar-refractivity contribution in [1.82, 2.24) is 10.5 Å². The summed E-state index contributed by atoms with van der Waals surface area (Å²) in [6.07, 6.45) is 1.68. The molecular formula is C17H19FN2O3. The fourth-order valence-electron chi connectivity index (χ4n) is 2.95. The summed E-state index contributed by atoms with van der Waals surface area (Å²) in [7, 11) is 0. The number of benzene rings is 1. The highest BCUT2D eigenvalue weighted by Crippen LogP contribution is 2.28. The molecule has 3 rings (SSSR count). The molecule has 1 amide bonds. The predicted octanol–water partition coefficient (Wildman–Crippen LogP) is 3.08. The standard InChI is InChI=1S/C17H19FN2O3/c1-10-15(11(2)23-20-10)17(21)19-16(14-4-3-9-22-14)12-5-7-13(18)8-6-12/h5-8,14,16H,3-4,9H2,1-2H3,(H,19,21)/t14-,16+/m0/s1. The Labute approximate surface area is 133 Å². The number of aromatic nitrogens is 1. The van der Waals surface area contributed by atoms with E-state index in [4.69, 9.17) is 9.26 Å². The molecule has 1 fully saturated rings. The molecule has 0 aliphatic carbocycles. The molecule has 1 N–H and O–H groups in total. The lowest BCUT2D eigenvalue weighted by Crippen LogP contribution is -2.36. The average molecular weight is 318 g/mol. The zero-order valence-electron chi connectivity index (χ0n) is 13.1. The van der Waals surface area contributed by atoms with Crippen LogP contribution >= 0.6 is 0 Å². The van der Waals surface area contributed by atoms with E-state index in [0.717, 1.165) is 18.4 Å². The van der Waals surface area contributed by atoms with Gasteiger partial charge >= 0.3 is 0 Å². The molecule has 0 saturated carbocycles. The molecule has 0 radical (unpaired) electrons. The molecule has 2 aromatic rings. The predicted molar refractivity (Wildman–Crippen MR) is 81.6 cm³/mol. The maximum absolute atomic E-state index is 13.2. The molecule has 1 aromatic heterocycles. The van der Waals surface area contributed by atoms with E-state index >= 15 is 0 Å². The van der Waals surface area contributed by atoms with Crippen LogP contribution in [-0.2, 0) is 4.74 Å². The second-order valence-corrected chi connectivity index (χ2v) is 5.75. The smallest absolute Gasteiger partial charge is 0.257 e. The average Bonchev–Trinajstić information content (AvgIpc) is 3.16. The largest absolute Gasteiger partial charge is 0.376 e. The quantitative estimate of drug-likeness (QED) is 0.941. The SMILES string of the molecule is Cc1noc(C)c1C(=O)N[C@H](c1ccc(F)cc1)[C@@H]1CCCO1. The van der Waals surface area contributed by atoms with E-state index in [2.05, 4.69) is 10.5 Å². The number of ether oxygens (including phenoxy) is 1. The summed E-state index contributed by atoms with van der Waals surface area (Å²) in [6.45, 7) is 4.10. The summed E-state index contributed by atoms with van der Waals surface area (Å²) >= 11 is 0. The second kappa shape index (κ2) is 6.50. The Morgan fingerprint density at radius 2 is 2.09 bits per heavy atom. The minimum Gasteiger partial charge on any atom is -0.376 e. The fourth-order valence-corrected chi connectivity index (χ4v) is 2.95. The van der Waals surface area contributed by atoms with Crippen LogP contribution in [0.4, 0.5) is 4.39 Å². The highest BCUT2D eigenvalue weighted by molar-refractivity contribution is 5.96. The van der Waals surface area contributed by atoms with E-state index in [1.54, 1.807) is 26.0 Å². The Bertz CT molecular complexity index is 671. The highest BCUT2D eigenvalue weighted by atomic mass is 19.1. The molecule has 0 spiro atoms. The molecule has 0 unspecified atom stereocenters. The van der Waals surface area contributed by atoms with Crippen LogP contribution in [0, 0.1) is 19.7 Å². The molecule has 2 heterocycles. The van der Waals surface area contributed by atoms with E-state index in [9.17, 15) is 9.18 Å². The topological polar surface area (TPSA) is 64.4 Å². The minimum atomic E-state index is -0.334. The van der Waals surface area contributed by atoms with Crippen molar-refractivity contribution < 1.29 is 18.4 Å². The lowest BCUT2D eigenvalue weighted by atomic mass is 9.98. The molecule has 1 aromatic carbocycles. The van der Waals surface area contributed by atoms with Crippen molar-refractivity contribution in [3.8, 4) is 0 Å². The van der Waals surface area contributed by atoms with Gasteiger partial charge in [-0.2, -0.15) is 0 Å². The number of nitrogens with one attached hydrogen (secondary N) is 1. The molecule has 0 bridgehead atoms. The van der Waals surface area contributed by atoms with E-state index in [1.165, 1.54) is 12.1 Å². The zero-order chi connectivity index (χ0) is 16.4. The van der Waals surface area contributed by atoms with Crippen molar-refractivity contribution in [2.45, 2.75) is 38.8 Å². The van der Waals surface area contributed by atoms with Gasteiger partial charge in [0.25, 0.3) is 5.91 Å². The first kappa shape index (κ1) is 15.7. The van der Waals surface area contributed by atoms with Crippen molar-refractivity contribution in [2.75, 3.05) is 6.61 Å². The Morgan fingerprint density at radius 3 is 2.65 bits per heavy atom. The summed E-state index contributed by atoms with van der Waals surface area (Å²) in [4.78, 5) is 12.6. The summed E-state index contributed by atoms with van der Waals surface area (Å²) < 4.78 is 24.0. The molecule has 1 saturated heterocycles. The Morgan fingerprint density at radius 1 is 1.35 bits per heavy atom. The monoisotopic (exact) mass is 318 g/mol. The fraction of sp³-hybridized carbons (Fsp3) is 0.412. The number of amides is 1. The van der Waals surface area contributed by atoms with Gasteiger partial charge in [0, 0.05) is 6.61 Å². The summed E-state index contributed by atoms with van der Waals surface area (Å²) in [5.74, 6) is -0.0897. The van der Waals surface area contributed by atoms with Gasteiger partial charge in [-0.25, -0.2) is 4.39 Å². The molecule has 122 valence electrons. The summed E-state index contributed by atoms with van der Waals surface area (Å²) in [5, 5.41) is 6.80. The first-order valence-corrected chi connectivity index (χ1v) is 7.67. The van der Waals surface area contributed by atoms with Crippen LogP contribution in [0.5, 0.6) is 0 Å². The van der Waals surface area contributed by atoms with Gasteiger partial charge in [-0.1, -0.05) is 17.3 Å². The van der Waals surface area contributed by atoms with Gasteiger partial charge in [-0.05, 0) is 44.4 Å². The number of carbonyl (C=O) groups excluding carboxylic acids is 1. The van der Waals surface area contributed by atoms with Crippen molar-refractivity contribution in [2.24, 2.45) is 0 Å². The van der Waals surface area contributed by atoms with Gasteiger partial charge in [-0.3, -0.25) is 4.79 Å². The van der Waals surface area contributed by atoms with E-state index in [0.29, 0.717) is 23.6 Å². The lowest BCUT2D eigenvalue weighted by Gasteiger charge is -2.24. The van der Waals surface area contributed by atoms with Crippen molar-refractivity contribution in [3.05, 3.63) is 52.7 Å². The van der Waals surface area contributed by atoms with Gasteiger partial charge in [0.2, 0.25) is 0 Å². The third-order valence-corrected chi connectivity index (χ3v) is 4.11. The van der Waals surface area contributed by atoms with E-state index < -0.39 is 0 Å². The number of aryl methyl sites for hydroxylation is 2. The summed E-state index contributed by atoms with van der Waals surface area (Å²) in [5.41, 5.74) is 1.80. The van der Waals surface area contributed by atoms with Crippen LogP contribution in [0.3, 0.4) is 0 Å². The van der Waals surface area contributed by atoms with Crippen LogP contribution in [0.1, 0.15) is 46.3 Å². The number of hydrogen-bond acceptors (Lipinski definition) is 4. The van der Waals surface area contributed by atoms with Gasteiger partial charge in [0.15, 0.2) is 0 Å². The first-order chi connectivity index (χ1) is 11.1. The Balaban J connectivity index is 1.86.